The average Bonchev–Trinajstić information content (AvgIpc) is 2.96. The summed E-state index contributed by atoms with van der Waals surface area (Å²) in [4.78, 5) is 14.4. The first-order chi connectivity index (χ1) is 9.20. The van der Waals surface area contributed by atoms with Crippen molar-refractivity contribution in [3.63, 3.8) is 0 Å². The molecule has 3 rings (SSSR count). The van der Waals surface area contributed by atoms with Crippen LogP contribution in [0.5, 0.6) is 0 Å². The first-order valence-electron chi connectivity index (χ1n) is 6.53. The van der Waals surface area contributed by atoms with Crippen LogP contribution in [0.3, 0.4) is 0 Å². The molecule has 1 N–H and O–H groups in total. The molecule has 1 aromatic heterocycles. The summed E-state index contributed by atoms with van der Waals surface area (Å²) < 4.78 is 2.02. The molecule has 19 heavy (non-hydrogen) atoms. The van der Waals surface area contributed by atoms with Crippen molar-refractivity contribution < 1.29 is 0 Å². The molecule has 0 aliphatic carbocycles. The zero-order valence-corrected chi connectivity index (χ0v) is 12.3. The van der Waals surface area contributed by atoms with Gasteiger partial charge >= 0.3 is 0 Å². The second kappa shape index (κ2) is 5.09. The lowest BCUT2D eigenvalue weighted by Crippen LogP contribution is -2.30. The summed E-state index contributed by atoms with van der Waals surface area (Å²) in [6.45, 7) is 8.24. The van der Waals surface area contributed by atoms with E-state index in [1.54, 1.807) is 12.3 Å². The van der Waals surface area contributed by atoms with Crippen molar-refractivity contribution in [3.8, 4) is 0 Å². The number of aromatic nitrogens is 2. The van der Waals surface area contributed by atoms with Gasteiger partial charge in [0.2, 0.25) is 0 Å². The highest BCUT2D eigenvalue weighted by atomic mass is 79.9. The van der Waals surface area contributed by atoms with Gasteiger partial charge in [0.1, 0.15) is 4.47 Å². The summed E-state index contributed by atoms with van der Waals surface area (Å²) in [5, 5.41) is 7.63. The average molecular weight is 325 g/mol. The van der Waals surface area contributed by atoms with E-state index < -0.39 is 0 Å². The molecular formula is C13H17BrN4O. The Balaban J connectivity index is 1.88. The van der Waals surface area contributed by atoms with Crippen molar-refractivity contribution in [2.24, 2.45) is 11.8 Å². The van der Waals surface area contributed by atoms with E-state index in [0.29, 0.717) is 22.9 Å². The molecule has 0 aromatic carbocycles. The summed E-state index contributed by atoms with van der Waals surface area (Å²) in [6.07, 6.45) is 3.45. The Morgan fingerprint density at radius 1 is 1.47 bits per heavy atom. The smallest absolute Gasteiger partial charge is 0.283 e. The molecule has 2 saturated heterocycles. The number of anilines is 1. The molecule has 102 valence electrons. The van der Waals surface area contributed by atoms with Crippen LogP contribution in [0, 0.1) is 11.8 Å². The van der Waals surface area contributed by atoms with E-state index in [2.05, 4.69) is 37.8 Å². The zero-order chi connectivity index (χ0) is 13.4. The van der Waals surface area contributed by atoms with Gasteiger partial charge in [0.25, 0.3) is 5.56 Å². The van der Waals surface area contributed by atoms with Crippen LogP contribution < -0.4 is 15.8 Å². The predicted molar refractivity (Wildman–Crippen MR) is 78.5 cm³/mol. The highest BCUT2D eigenvalue weighted by molar-refractivity contribution is 9.10. The minimum Gasteiger partial charge on any atom is -0.368 e. The van der Waals surface area contributed by atoms with Gasteiger partial charge in [-0.1, -0.05) is 6.08 Å². The van der Waals surface area contributed by atoms with E-state index in [-0.39, 0.29) is 5.56 Å². The molecule has 0 bridgehead atoms. The molecule has 1 aromatic rings. The Morgan fingerprint density at radius 2 is 2.16 bits per heavy atom. The van der Waals surface area contributed by atoms with Gasteiger partial charge in [-0.25, -0.2) is 4.68 Å². The standard InChI is InChI=1S/C13H17BrN4O/c1-2-3-18-13(19)12(14)11(6-16-18)17-7-9-4-15-5-10(9)8-17/h2,6,9-10,15H,1,3-5,7-8H2. The summed E-state index contributed by atoms with van der Waals surface area (Å²) in [5.74, 6) is 1.39. The van der Waals surface area contributed by atoms with Gasteiger partial charge in [-0.3, -0.25) is 4.79 Å². The lowest BCUT2D eigenvalue weighted by molar-refractivity contribution is 0.533. The van der Waals surface area contributed by atoms with E-state index >= 15 is 0 Å². The zero-order valence-electron chi connectivity index (χ0n) is 10.7. The van der Waals surface area contributed by atoms with Crippen LogP contribution >= 0.6 is 15.9 Å². The van der Waals surface area contributed by atoms with Crippen molar-refractivity contribution in [1.29, 1.82) is 0 Å². The minimum absolute atomic E-state index is 0.0902. The molecule has 0 spiro atoms. The quantitative estimate of drug-likeness (QED) is 0.837. The first kappa shape index (κ1) is 12.9. The van der Waals surface area contributed by atoms with Crippen molar-refractivity contribution in [2.75, 3.05) is 31.1 Å². The minimum atomic E-state index is -0.0902. The fourth-order valence-corrected chi connectivity index (χ4v) is 3.54. The monoisotopic (exact) mass is 324 g/mol. The molecule has 0 saturated carbocycles. The predicted octanol–water partition coefficient (Wildman–Crippen LogP) is 0.847. The van der Waals surface area contributed by atoms with E-state index in [9.17, 15) is 4.79 Å². The molecule has 0 amide bonds. The Hall–Kier alpha value is -1.14. The fraction of sp³-hybridized carbons (Fsp3) is 0.538. The van der Waals surface area contributed by atoms with Crippen LogP contribution in [0.2, 0.25) is 0 Å². The van der Waals surface area contributed by atoms with Crippen LogP contribution in [-0.4, -0.2) is 36.0 Å². The third-order valence-electron chi connectivity index (χ3n) is 4.00. The number of hydrogen-bond acceptors (Lipinski definition) is 4. The molecule has 2 unspecified atom stereocenters. The summed E-state index contributed by atoms with van der Waals surface area (Å²) in [6, 6.07) is 0. The number of rotatable bonds is 3. The molecule has 0 radical (unpaired) electrons. The van der Waals surface area contributed by atoms with Crippen LogP contribution in [0.4, 0.5) is 5.69 Å². The van der Waals surface area contributed by atoms with Crippen molar-refractivity contribution in [3.05, 3.63) is 33.7 Å². The summed E-state index contributed by atoms with van der Waals surface area (Å²) in [7, 11) is 0. The Labute approximate surface area is 120 Å². The maximum Gasteiger partial charge on any atom is 0.283 e. The van der Waals surface area contributed by atoms with E-state index in [0.717, 1.165) is 31.9 Å². The number of allylic oxidation sites excluding steroid dienone is 1. The third kappa shape index (κ3) is 2.23. The molecule has 6 heteroatoms. The molecule has 2 fully saturated rings. The third-order valence-corrected chi connectivity index (χ3v) is 4.74. The van der Waals surface area contributed by atoms with Gasteiger partial charge in [0.05, 0.1) is 18.4 Å². The van der Waals surface area contributed by atoms with Crippen LogP contribution in [-0.2, 0) is 6.54 Å². The van der Waals surface area contributed by atoms with Gasteiger partial charge in [-0.2, -0.15) is 5.10 Å². The highest BCUT2D eigenvalue weighted by Gasteiger charge is 2.37. The Morgan fingerprint density at radius 3 is 2.79 bits per heavy atom. The van der Waals surface area contributed by atoms with Crippen LogP contribution in [0.1, 0.15) is 0 Å². The van der Waals surface area contributed by atoms with Crippen LogP contribution in [0.25, 0.3) is 0 Å². The largest absolute Gasteiger partial charge is 0.368 e. The second-order valence-electron chi connectivity index (χ2n) is 5.20. The Kier molecular flexibility index (Phi) is 3.45. The SMILES string of the molecule is C=CCn1ncc(N2CC3CNCC3C2)c(Br)c1=O. The fourth-order valence-electron chi connectivity index (χ4n) is 2.98. The second-order valence-corrected chi connectivity index (χ2v) is 6.00. The lowest BCUT2D eigenvalue weighted by Gasteiger charge is -2.20. The number of nitrogens with zero attached hydrogens (tertiary/aromatic N) is 3. The number of fused-ring (bicyclic) bond motifs is 1. The first-order valence-corrected chi connectivity index (χ1v) is 7.32. The topological polar surface area (TPSA) is 50.2 Å². The van der Waals surface area contributed by atoms with Gasteiger partial charge < -0.3 is 10.2 Å². The maximum absolute atomic E-state index is 12.1. The Bertz CT molecular complexity index is 544. The van der Waals surface area contributed by atoms with E-state index in [1.807, 2.05) is 0 Å². The lowest BCUT2D eigenvalue weighted by atomic mass is 10.0. The van der Waals surface area contributed by atoms with Crippen molar-refractivity contribution in [2.45, 2.75) is 6.54 Å². The molecule has 2 aliphatic rings. The maximum atomic E-state index is 12.1. The number of nitrogens with one attached hydrogen (secondary N) is 1. The molecule has 5 nitrogen and oxygen atoms in total. The van der Waals surface area contributed by atoms with Crippen molar-refractivity contribution in [1.82, 2.24) is 15.1 Å². The van der Waals surface area contributed by atoms with Gasteiger partial charge in [-0.15, -0.1) is 6.58 Å². The molecule has 2 aliphatic heterocycles. The molecule has 3 heterocycles. The summed E-state index contributed by atoms with van der Waals surface area (Å²) in [5.41, 5.74) is 0.826. The summed E-state index contributed by atoms with van der Waals surface area (Å²) >= 11 is 3.43. The van der Waals surface area contributed by atoms with E-state index in [4.69, 9.17) is 0 Å². The van der Waals surface area contributed by atoms with Gasteiger partial charge in [0.15, 0.2) is 0 Å². The normalized spacial score (nSPS) is 25.6. The van der Waals surface area contributed by atoms with Crippen molar-refractivity contribution >= 4 is 21.6 Å². The van der Waals surface area contributed by atoms with Crippen LogP contribution in [0.15, 0.2) is 28.1 Å². The van der Waals surface area contributed by atoms with Gasteiger partial charge in [-0.05, 0) is 27.8 Å². The van der Waals surface area contributed by atoms with E-state index in [1.165, 1.54) is 4.68 Å². The number of hydrogen-bond donors (Lipinski definition) is 1. The van der Waals surface area contributed by atoms with Gasteiger partial charge in [0, 0.05) is 26.2 Å². The molecule has 2 atom stereocenters. The highest BCUT2D eigenvalue weighted by Crippen LogP contribution is 2.32. The number of halogens is 1. The molecular weight excluding hydrogens is 308 g/mol.